The highest BCUT2D eigenvalue weighted by atomic mass is 16.5. The van der Waals surface area contributed by atoms with E-state index in [1.165, 1.54) is 0 Å². The van der Waals surface area contributed by atoms with E-state index >= 15 is 0 Å². The van der Waals surface area contributed by atoms with E-state index in [9.17, 15) is 9.59 Å². The molecule has 0 unspecified atom stereocenters. The second kappa shape index (κ2) is 10.2. The zero-order valence-corrected chi connectivity index (χ0v) is 17.0. The third kappa shape index (κ3) is 5.93. The van der Waals surface area contributed by atoms with E-state index < -0.39 is 0 Å². The molecule has 2 amide bonds. The minimum absolute atomic E-state index is 0.241. The van der Waals surface area contributed by atoms with Crippen LogP contribution >= 0.6 is 0 Å². The standard InChI is InChI=1S/C24H24N2O4/c1-17-5-3-7-20(15-17)25-24(28)19-6-4-8-21(16-19)26-23(27)18-9-11-22(12-10-18)30-14-13-29-2/h3-12,15-16H,13-14H2,1-2H3,(H,25,28)(H,26,27). The SMILES string of the molecule is COCCOc1ccc(C(=O)Nc2cccc(C(=O)Nc3cccc(C)c3)c2)cc1. The second-order valence-corrected chi connectivity index (χ2v) is 6.72. The van der Waals surface area contributed by atoms with Gasteiger partial charge in [-0.25, -0.2) is 0 Å². The fourth-order valence-corrected chi connectivity index (χ4v) is 2.81. The van der Waals surface area contributed by atoms with Gasteiger partial charge >= 0.3 is 0 Å². The highest BCUT2D eigenvalue weighted by Crippen LogP contribution is 2.17. The van der Waals surface area contributed by atoms with Crippen LogP contribution in [-0.2, 0) is 4.74 Å². The summed E-state index contributed by atoms with van der Waals surface area (Å²) in [5, 5.41) is 5.68. The second-order valence-electron chi connectivity index (χ2n) is 6.72. The van der Waals surface area contributed by atoms with Crippen molar-refractivity contribution < 1.29 is 19.1 Å². The molecule has 0 saturated heterocycles. The van der Waals surface area contributed by atoms with Crippen LogP contribution in [0, 0.1) is 6.92 Å². The fraction of sp³-hybridized carbons (Fsp3) is 0.167. The van der Waals surface area contributed by atoms with Gasteiger partial charge in [0.15, 0.2) is 0 Å². The van der Waals surface area contributed by atoms with Crippen molar-refractivity contribution in [2.75, 3.05) is 31.0 Å². The van der Waals surface area contributed by atoms with Crippen LogP contribution in [0.2, 0.25) is 0 Å². The quantitative estimate of drug-likeness (QED) is 0.541. The lowest BCUT2D eigenvalue weighted by molar-refractivity contribution is 0.101. The van der Waals surface area contributed by atoms with Crippen molar-refractivity contribution in [2.24, 2.45) is 0 Å². The van der Waals surface area contributed by atoms with Crippen LogP contribution in [0.25, 0.3) is 0 Å². The van der Waals surface area contributed by atoms with Crippen molar-refractivity contribution in [3.05, 3.63) is 89.5 Å². The Labute approximate surface area is 175 Å². The lowest BCUT2D eigenvalue weighted by atomic mass is 10.1. The Hall–Kier alpha value is -3.64. The highest BCUT2D eigenvalue weighted by molar-refractivity contribution is 6.07. The number of carbonyl (C=O) groups excluding carboxylic acids is 2. The molecule has 0 atom stereocenters. The number of hydrogen-bond acceptors (Lipinski definition) is 4. The van der Waals surface area contributed by atoms with Crippen molar-refractivity contribution in [3.63, 3.8) is 0 Å². The number of anilines is 2. The minimum Gasteiger partial charge on any atom is -0.491 e. The van der Waals surface area contributed by atoms with Crippen LogP contribution in [0.1, 0.15) is 26.3 Å². The molecular formula is C24H24N2O4. The van der Waals surface area contributed by atoms with E-state index in [-0.39, 0.29) is 11.8 Å². The van der Waals surface area contributed by atoms with Crippen molar-refractivity contribution >= 4 is 23.2 Å². The Morgan fingerprint density at radius 3 is 2.07 bits per heavy atom. The van der Waals surface area contributed by atoms with E-state index in [1.54, 1.807) is 55.6 Å². The van der Waals surface area contributed by atoms with E-state index in [2.05, 4.69) is 10.6 Å². The molecule has 2 N–H and O–H groups in total. The fourth-order valence-electron chi connectivity index (χ4n) is 2.81. The largest absolute Gasteiger partial charge is 0.491 e. The maximum absolute atomic E-state index is 12.5. The normalized spacial score (nSPS) is 10.3. The summed E-state index contributed by atoms with van der Waals surface area (Å²) in [4.78, 5) is 25.1. The molecule has 0 radical (unpaired) electrons. The average molecular weight is 404 g/mol. The predicted octanol–water partition coefficient (Wildman–Crippen LogP) is 4.52. The van der Waals surface area contributed by atoms with Crippen molar-refractivity contribution in [2.45, 2.75) is 6.92 Å². The Kier molecular flexibility index (Phi) is 7.19. The average Bonchev–Trinajstić information content (AvgIpc) is 2.74. The van der Waals surface area contributed by atoms with Gasteiger partial charge in [0.2, 0.25) is 0 Å². The number of benzene rings is 3. The van der Waals surface area contributed by atoms with Gasteiger partial charge in [0.05, 0.1) is 6.61 Å². The van der Waals surface area contributed by atoms with Gasteiger partial charge in [-0.3, -0.25) is 9.59 Å². The monoisotopic (exact) mass is 404 g/mol. The van der Waals surface area contributed by atoms with Gasteiger partial charge in [-0.05, 0) is 67.1 Å². The summed E-state index contributed by atoms with van der Waals surface area (Å²) < 4.78 is 10.4. The van der Waals surface area contributed by atoms with Gasteiger partial charge in [0, 0.05) is 29.6 Å². The Bertz CT molecular complexity index is 1020. The first-order valence-corrected chi connectivity index (χ1v) is 9.56. The highest BCUT2D eigenvalue weighted by Gasteiger charge is 2.10. The molecule has 6 heteroatoms. The number of hydrogen-bond donors (Lipinski definition) is 2. The smallest absolute Gasteiger partial charge is 0.255 e. The summed E-state index contributed by atoms with van der Waals surface area (Å²) in [7, 11) is 1.61. The lowest BCUT2D eigenvalue weighted by Gasteiger charge is -2.10. The molecule has 3 rings (SSSR count). The third-order valence-corrected chi connectivity index (χ3v) is 4.33. The molecule has 3 aromatic carbocycles. The summed E-state index contributed by atoms with van der Waals surface area (Å²) in [5.74, 6) is 0.155. The first-order valence-electron chi connectivity index (χ1n) is 9.56. The first kappa shape index (κ1) is 21.1. The summed E-state index contributed by atoms with van der Waals surface area (Å²) >= 11 is 0. The number of methoxy groups -OCH3 is 1. The number of rotatable bonds is 8. The molecule has 0 aliphatic heterocycles. The zero-order chi connectivity index (χ0) is 21.3. The molecule has 0 aromatic heterocycles. The van der Waals surface area contributed by atoms with Crippen molar-refractivity contribution in [3.8, 4) is 5.75 Å². The molecule has 6 nitrogen and oxygen atoms in total. The van der Waals surface area contributed by atoms with Gasteiger partial charge in [-0.2, -0.15) is 0 Å². The molecule has 0 bridgehead atoms. The molecule has 154 valence electrons. The summed E-state index contributed by atoms with van der Waals surface area (Å²) in [5.41, 5.74) is 3.27. The van der Waals surface area contributed by atoms with Crippen LogP contribution in [0.3, 0.4) is 0 Å². The van der Waals surface area contributed by atoms with E-state index in [1.807, 2.05) is 31.2 Å². The molecule has 0 fully saturated rings. The number of carbonyl (C=O) groups is 2. The van der Waals surface area contributed by atoms with E-state index in [4.69, 9.17) is 9.47 Å². The van der Waals surface area contributed by atoms with Gasteiger partial charge in [0.25, 0.3) is 11.8 Å². The van der Waals surface area contributed by atoms with Crippen molar-refractivity contribution in [1.82, 2.24) is 0 Å². The molecule has 0 aliphatic rings. The molecule has 30 heavy (non-hydrogen) atoms. The molecule has 0 heterocycles. The molecule has 0 spiro atoms. The van der Waals surface area contributed by atoms with E-state index in [0.717, 1.165) is 11.3 Å². The number of ether oxygens (including phenoxy) is 2. The molecule has 0 aliphatic carbocycles. The minimum atomic E-state index is -0.269. The number of nitrogens with one attached hydrogen (secondary N) is 2. The van der Waals surface area contributed by atoms with Crippen molar-refractivity contribution in [1.29, 1.82) is 0 Å². The van der Waals surface area contributed by atoms with E-state index in [0.29, 0.717) is 35.8 Å². The van der Waals surface area contributed by atoms with Crippen LogP contribution in [0.5, 0.6) is 5.75 Å². The van der Waals surface area contributed by atoms with Crippen LogP contribution in [0.15, 0.2) is 72.8 Å². The number of aryl methyl sites for hydroxylation is 1. The number of amides is 2. The zero-order valence-electron chi connectivity index (χ0n) is 17.0. The molecular weight excluding hydrogens is 380 g/mol. The first-order chi connectivity index (χ1) is 14.5. The van der Waals surface area contributed by atoms with Crippen LogP contribution in [-0.4, -0.2) is 32.1 Å². The third-order valence-electron chi connectivity index (χ3n) is 4.33. The maximum Gasteiger partial charge on any atom is 0.255 e. The summed E-state index contributed by atoms with van der Waals surface area (Å²) in [6.07, 6.45) is 0. The summed E-state index contributed by atoms with van der Waals surface area (Å²) in [6.45, 7) is 2.90. The lowest BCUT2D eigenvalue weighted by Crippen LogP contribution is -2.14. The van der Waals surface area contributed by atoms with Gasteiger partial charge in [-0.1, -0.05) is 18.2 Å². The van der Waals surface area contributed by atoms with Crippen LogP contribution < -0.4 is 15.4 Å². The van der Waals surface area contributed by atoms with Gasteiger partial charge < -0.3 is 20.1 Å². The maximum atomic E-state index is 12.5. The topological polar surface area (TPSA) is 76.7 Å². The molecule has 0 saturated carbocycles. The predicted molar refractivity (Wildman–Crippen MR) is 117 cm³/mol. The Balaban J connectivity index is 1.63. The van der Waals surface area contributed by atoms with Gasteiger partial charge in [0.1, 0.15) is 12.4 Å². The van der Waals surface area contributed by atoms with Gasteiger partial charge in [-0.15, -0.1) is 0 Å². The Morgan fingerprint density at radius 1 is 0.767 bits per heavy atom. The summed E-state index contributed by atoms with van der Waals surface area (Å²) in [6, 6.07) is 21.2. The molecule has 3 aromatic rings. The Morgan fingerprint density at radius 2 is 1.40 bits per heavy atom. The van der Waals surface area contributed by atoms with Crippen LogP contribution in [0.4, 0.5) is 11.4 Å².